The zero-order valence-corrected chi connectivity index (χ0v) is 15.0. The average molecular weight is 346 g/mol. The standard InChI is InChI=1S/C19H24ClN3O/c1-13-17(19(24-2)23-22-18(13)20)21-12-14-7-6-10-16(11-14)15-8-4-3-5-9-15/h3-5,8-9,14,16H,6-7,10-12H2,1-2H3,(H,21,22). The fourth-order valence-electron chi connectivity index (χ4n) is 3.58. The highest BCUT2D eigenvalue weighted by Gasteiger charge is 2.24. The van der Waals surface area contributed by atoms with Crippen LogP contribution in [-0.2, 0) is 0 Å². The van der Waals surface area contributed by atoms with Gasteiger partial charge in [-0.25, -0.2) is 0 Å². The molecular formula is C19H24ClN3O. The molecule has 2 unspecified atom stereocenters. The molecule has 3 rings (SSSR count). The predicted octanol–water partition coefficient (Wildman–Crippen LogP) is 4.83. The normalized spacial score (nSPS) is 20.6. The van der Waals surface area contributed by atoms with E-state index in [0.717, 1.165) is 17.8 Å². The van der Waals surface area contributed by atoms with Gasteiger partial charge in [0, 0.05) is 12.1 Å². The number of benzene rings is 1. The van der Waals surface area contributed by atoms with Gasteiger partial charge in [-0.2, -0.15) is 0 Å². The van der Waals surface area contributed by atoms with Crippen LogP contribution in [0, 0.1) is 12.8 Å². The largest absolute Gasteiger partial charge is 0.478 e. The third kappa shape index (κ3) is 3.81. The van der Waals surface area contributed by atoms with Crippen LogP contribution < -0.4 is 10.1 Å². The van der Waals surface area contributed by atoms with E-state index in [2.05, 4.69) is 45.8 Å². The molecule has 2 aromatic rings. The first-order valence-electron chi connectivity index (χ1n) is 8.54. The molecule has 1 aromatic carbocycles. The fourth-order valence-corrected chi connectivity index (χ4v) is 3.71. The number of ether oxygens (including phenoxy) is 1. The number of methoxy groups -OCH3 is 1. The topological polar surface area (TPSA) is 47.0 Å². The number of nitrogens with zero attached hydrogens (tertiary/aromatic N) is 2. The molecule has 0 amide bonds. The lowest BCUT2D eigenvalue weighted by molar-refractivity contribution is 0.333. The first-order valence-corrected chi connectivity index (χ1v) is 8.92. The van der Waals surface area contributed by atoms with E-state index in [0.29, 0.717) is 22.9 Å². The predicted molar refractivity (Wildman–Crippen MR) is 98.0 cm³/mol. The van der Waals surface area contributed by atoms with Crippen molar-refractivity contribution in [1.29, 1.82) is 0 Å². The van der Waals surface area contributed by atoms with E-state index in [1.165, 1.54) is 31.2 Å². The summed E-state index contributed by atoms with van der Waals surface area (Å²) in [5.41, 5.74) is 3.21. The van der Waals surface area contributed by atoms with Crippen LogP contribution in [0.3, 0.4) is 0 Å². The number of halogens is 1. The van der Waals surface area contributed by atoms with Crippen molar-refractivity contribution >= 4 is 17.3 Å². The van der Waals surface area contributed by atoms with Gasteiger partial charge in [-0.15, -0.1) is 10.2 Å². The van der Waals surface area contributed by atoms with Gasteiger partial charge in [-0.3, -0.25) is 0 Å². The van der Waals surface area contributed by atoms with Crippen molar-refractivity contribution in [1.82, 2.24) is 10.2 Å². The van der Waals surface area contributed by atoms with E-state index in [-0.39, 0.29) is 0 Å². The maximum Gasteiger partial charge on any atom is 0.257 e. The molecule has 0 bridgehead atoms. The van der Waals surface area contributed by atoms with Crippen molar-refractivity contribution in [2.45, 2.75) is 38.5 Å². The van der Waals surface area contributed by atoms with Crippen LogP contribution in [0.5, 0.6) is 5.88 Å². The summed E-state index contributed by atoms with van der Waals surface area (Å²) in [5.74, 6) is 1.81. The monoisotopic (exact) mass is 345 g/mol. The Morgan fingerprint density at radius 3 is 2.75 bits per heavy atom. The maximum absolute atomic E-state index is 6.10. The van der Waals surface area contributed by atoms with E-state index in [1.807, 2.05) is 6.92 Å². The Hall–Kier alpha value is -1.81. The van der Waals surface area contributed by atoms with Gasteiger partial charge in [0.2, 0.25) is 0 Å². The van der Waals surface area contributed by atoms with E-state index < -0.39 is 0 Å². The van der Waals surface area contributed by atoms with Crippen molar-refractivity contribution < 1.29 is 4.74 Å². The quantitative estimate of drug-likeness (QED) is 0.842. The Morgan fingerprint density at radius 1 is 1.21 bits per heavy atom. The highest BCUT2D eigenvalue weighted by Crippen LogP contribution is 2.37. The molecule has 128 valence electrons. The summed E-state index contributed by atoms with van der Waals surface area (Å²) in [6.07, 6.45) is 5.03. The second kappa shape index (κ2) is 7.84. The van der Waals surface area contributed by atoms with Gasteiger partial charge < -0.3 is 10.1 Å². The van der Waals surface area contributed by atoms with Crippen LogP contribution in [0.4, 0.5) is 5.69 Å². The van der Waals surface area contributed by atoms with Crippen LogP contribution in [0.15, 0.2) is 30.3 Å². The molecule has 1 saturated carbocycles. The lowest BCUT2D eigenvalue weighted by atomic mass is 9.78. The van der Waals surface area contributed by atoms with Gasteiger partial charge in [-0.1, -0.05) is 48.4 Å². The van der Waals surface area contributed by atoms with Crippen molar-refractivity contribution in [2.24, 2.45) is 5.92 Å². The summed E-state index contributed by atoms with van der Waals surface area (Å²) in [6.45, 7) is 2.85. The summed E-state index contributed by atoms with van der Waals surface area (Å²) in [7, 11) is 1.61. The number of anilines is 1. The molecule has 0 spiro atoms. The lowest BCUT2D eigenvalue weighted by Crippen LogP contribution is -2.22. The van der Waals surface area contributed by atoms with Gasteiger partial charge >= 0.3 is 0 Å². The first-order chi connectivity index (χ1) is 11.7. The molecule has 1 N–H and O–H groups in total. The molecular weight excluding hydrogens is 322 g/mol. The van der Waals surface area contributed by atoms with E-state index in [1.54, 1.807) is 7.11 Å². The van der Waals surface area contributed by atoms with Crippen LogP contribution in [-0.4, -0.2) is 23.9 Å². The summed E-state index contributed by atoms with van der Waals surface area (Å²) < 4.78 is 5.32. The van der Waals surface area contributed by atoms with Crippen LogP contribution in [0.2, 0.25) is 5.15 Å². The molecule has 1 fully saturated rings. The Bertz CT molecular complexity index is 678. The molecule has 1 aliphatic carbocycles. The fraction of sp³-hybridized carbons (Fsp3) is 0.474. The van der Waals surface area contributed by atoms with Gasteiger partial charge in [0.05, 0.1) is 7.11 Å². The number of hydrogen-bond donors (Lipinski definition) is 1. The van der Waals surface area contributed by atoms with Crippen molar-refractivity contribution in [3.8, 4) is 5.88 Å². The van der Waals surface area contributed by atoms with Crippen molar-refractivity contribution in [2.75, 3.05) is 19.0 Å². The highest BCUT2D eigenvalue weighted by molar-refractivity contribution is 6.30. The number of hydrogen-bond acceptors (Lipinski definition) is 4. The molecule has 0 saturated heterocycles. The molecule has 0 radical (unpaired) electrons. The van der Waals surface area contributed by atoms with Gasteiger partial charge in [0.1, 0.15) is 5.69 Å². The minimum Gasteiger partial charge on any atom is -0.478 e. The number of aromatic nitrogens is 2. The third-order valence-corrected chi connectivity index (χ3v) is 5.30. The first kappa shape index (κ1) is 17.0. The zero-order valence-electron chi connectivity index (χ0n) is 14.3. The average Bonchev–Trinajstić information content (AvgIpc) is 2.64. The van der Waals surface area contributed by atoms with E-state index >= 15 is 0 Å². The van der Waals surface area contributed by atoms with Gasteiger partial charge in [0.25, 0.3) is 5.88 Å². The molecule has 1 heterocycles. The minimum atomic E-state index is 0.420. The minimum absolute atomic E-state index is 0.420. The number of rotatable bonds is 5. The molecule has 24 heavy (non-hydrogen) atoms. The highest BCUT2D eigenvalue weighted by atomic mass is 35.5. The van der Waals surface area contributed by atoms with E-state index in [4.69, 9.17) is 16.3 Å². The van der Waals surface area contributed by atoms with Crippen LogP contribution >= 0.6 is 11.6 Å². The molecule has 4 nitrogen and oxygen atoms in total. The van der Waals surface area contributed by atoms with Gasteiger partial charge in [-0.05, 0) is 43.6 Å². The van der Waals surface area contributed by atoms with E-state index in [9.17, 15) is 0 Å². The van der Waals surface area contributed by atoms with Crippen LogP contribution in [0.25, 0.3) is 0 Å². The van der Waals surface area contributed by atoms with Crippen molar-refractivity contribution in [3.05, 3.63) is 46.6 Å². The second-order valence-electron chi connectivity index (χ2n) is 6.52. The SMILES string of the molecule is COc1nnc(Cl)c(C)c1NCC1CCCC(c2ccccc2)C1. The maximum atomic E-state index is 6.10. The zero-order chi connectivity index (χ0) is 16.9. The summed E-state index contributed by atoms with van der Waals surface area (Å²) >= 11 is 6.10. The molecule has 0 aliphatic heterocycles. The Morgan fingerprint density at radius 2 is 2.00 bits per heavy atom. The molecule has 1 aliphatic rings. The molecule has 5 heteroatoms. The molecule has 1 aromatic heterocycles. The van der Waals surface area contributed by atoms with Crippen LogP contribution in [0.1, 0.15) is 42.7 Å². The second-order valence-corrected chi connectivity index (χ2v) is 6.88. The summed E-state index contributed by atoms with van der Waals surface area (Å²) in [6, 6.07) is 10.9. The smallest absolute Gasteiger partial charge is 0.257 e. The molecule has 2 atom stereocenters. The lowest BCUT2D eigenvalue weighted by Gasteiger charge is -2.30. The summed E-state index contributed by atoms with van der Waals surface area (Å²) in [4.78, 5) is 0. The Kier molecular flexibility index (Phi) is 5.56. The third-order valence-electron chi connectivity index (χ3n) is 4.94. The van der Waals surface area contributed by atoms with Crippen molar-refractivity contribution in [3.63, 3.8) is 0 Å². The Labute approximate surface area is 148 Å². The van der Waals surface area contributed by atoms with Gasteiger partial charge in [0.15, 0.2) is 5.15 Å². The summed E-state index contributed by atoms with van der Waals surface area (Å²) in [5, 5.41) is 11.8. The number of nitrogens with one attached hydrogen (secondary N) is 1. The Balaban J connectivity index is 1.66.